The maximum atomic E-state index is 12.7. The van der Waals surface area contributed by atoms with Crippen molar-refractivity contribution in [3.8, 4) is 0 Å². The molecule has 1 aromatic rings. The van der Waals surface area contributed by atoms with Crippen LogP contribution in [0.3, 0.4) is 0 Å². The topological polar surface area (TPSA) is 179 Å². The van der Waals surface area contributed by atoms with Crippen molar-refractivity contribution in [2.45, 2.75) is 156 Å². The summed E-state index contributed by atoms with van der Waals surface area (Å²) in [4.78, 5) is 24.6. The van der Waals surface area contributed by atoms with Crippen molar-refractivity contribution in [1.82, 2.24) is 20.6 Å². The second kappa shape index (κ2) is 12.6. The minimum atomic E-state index is -0.926. The second-order valence-corrected chi connectivity index (χ2v) is 19.8. The Morgan fingerprint density at radius 1 is 0.962 bits per heavy atom. The van der Waals surface area contributed by atoms with E-state index in [1.807, 2.05) is 0 Å². The van der Waals surface area contributed by atoms with Crippen molar-refractivity contribution in [3.05, 3.63) is 30.3 Å². The molecule has 0 bridgehead atoms. The molecule has 5 fully saturated rings. The van der Waals surface area contributed by atoms with E-state index in [1.54, 1.807) is 13.8 Å². The summed E-state index contributed by atoms with van der Waals surface area (Å²) in [6, 6.07) is 0. The molecule has 0 spiro atoms. The molecule has 11 nitrogen and oxygen atoms in total. The number of carboxylic acids is 1. The number of nitrogens with one attached hydrogen (secondary N) is 1. The predicted octanol–water partition coefficient (Wildman–Crippen LogP) is 6.90. The lowest BCUT2D eigenvalue weighted by Crippen LogP contribution is -2.86. The Morgan fingerprint density at radius 2 is 1.65 bits per heavy atom. The Hall–Kier alpha value is -2.79. The predicted molar refractivity (Wildman–Crippen MR) is 199 cm³/mol. The molecule has 52 heavy (non-hydrogen) atoms. The fourth-order valence-corrected chi connectivity index (χ4v) is 13.9. The maximum Gasteiger partial charge on any atom is 0.313 e. The molecule has 290 valence electrons. The van der Waals surface area contributed by atoms with Crippen LogP contribution >= 0.6 is 0 Å². The number of aromatic amines is 1. The number of allylic oxidation sites excluding steroid dienone is 1. The number of carbonyl (C=O) groups excluding carboxylic acids is 1. The number of aliphatic carboxylic acids is 1. The summed E-state index contributed by atoms with van der Waals surface area (Å²) in [5.41, 5.74) is 14.4. The number of aromatic nitrogens is 4. The van der Waals surface area contributed by atoms with Crippen molar-refractivity contribution in [1.29, 1.82) is 0 Å². The molecule has 1 aromatic heterocycles. The Morgan fingerprint density at radius 3 is 2.29 bits per heavy atom. The molecule has 6 N–H and O–H groups in total. The average molecular weight is 723 g/mol. The highest BCUT2D eigenvalue weighted by Crippen LogP contribution is 2.79. The normalized spacial score (nSPS) is 42.2. The highest BCUT2D eigenvalue weighted by molar-refractivity contribution is 5.73. The summed E-state index contributed by atoms with van der Waals surface area (Å²) in [5.74, 6) is 0.679. The molecule has 10 atom stereocenters. The van der Waals surface area contributed by atoms with Gasteiger partial charge in [0.15, 0.2) is 5.82 Å². The van der Waals surface area contributed by atoms with Crippen LogP contribution in [0, 0.1) is 50.2 Å². The van der Waals surface area contributed by atoms with Crippen LogP contribution in [0.25, 0.3) is 0 Å². The van der Waals surface area contributed by atoms with Gasteiger partial charge in [-0.25, -0.2) is 0 Å². The number of nitrogens with two attached hydrogens (primary N) is 2. The molecule has 0 aromatic carbocycles. The molecular formula is C41H66N6O5. The van der Waals surface area contributed by atoms with Gasteiger partial charge in [-0.3, -0.25) is 9.59 Å². The van der Waals surface area contributed by atoms with Crippen molar-refractivity contribution >= 4 is 11.9 Å². The average Bonchev–Trinajstić information content (AvgIpc) is 3.66. The first-order valence-electron chi connectivity index (χ1n) is 19.7. The number of nitrogens with zero attached hydrogens (tertiary/aromatic N) is 3. The van der Waals surface area contributed by atoms with Gasteiger partial charge in [0.05, 0.1) is 17.8 Å². The number of esters is 1. The van der Waals surface area contributed by atoms with Crippen LogP contribution in [0.5, 0.6) is 0 Å². The summed E-state index contributed by atoms with van der Waals surface area (Å²) in [7, 11) is 0. The lowest BCUT2D eigenvalue weighted by Gasteiger charge is -2.78. The Bertz CT molecular complexity index is 1590. The summed E-state index contributed by atoms with van der Waals surface area (Å²) in [6.45, 7) is 26.9. The van der Waals surface area contributed by atoms with Gasteiger partial charge >= 0.3 is 11.9 Å². The largest absolute Gasteiger partial charge is 0.495 e. The third-order valence-corrected chi connectivity index (χ3v) is 16.9. The van der Waals surface area contributed by atoms with Gasteiger partial charge in [0.1, 0.15) is 12.5 Å². The number of fused-ring (bicyclic) bond motifs is 7. The van der Waals surface area contributed by atoms with E-state index in [0.29, 0.717) is 36.3 Å². The maximum absolute atomic E-state index is 12.7. The van der Waals surface area contributed by atoms with Gasteiger partial charge in [0, 0.05) is 22.9 Å². The number of hydrogen-bond donors (Lipinski definition) is 4. The molecule has 0 aliphatic heterocycles. The minimum Gasteiger partial charge on any atom is -0.495 e. The van der Waals surface area contributed by atoms with E-state index in [1.165, 1.54) is 0 Å². The lowest BCUT2D eigenvalue weighted by atomic mass is 9.29. The molecule has 0 amide bonds. The minimum absolute atomic E-state index is 0.0152. The van der Waals surface area contributed by atoms with Crippen LogP contribution in [0.4, 0.5) is 0 Å². The molecule has 5 saturated carbocycles. The zero-order valence-corrected chi connectivity index (χ0v) is 33.2. The van der Waals surface area contributed by atoms with Crippen LogP contribution in [-0.2, 0) is 25.5 Å². The Labute approximate surface area is 310 Å². The lowest BCUT2D eigenvalue weighted by molar-refractivity contribution is -0.260. The van der Waals surface area contributed by atoms with Gasteiger partial charge in [-0.15, -0.1) is 10.2 Å². The van der Waals surface area contributed by atoms with Crippen LogP contribution in [0.15, 0.2) is 24.5 Å². The second-order valence-electron chi connectivity index (χ2n) is 19.8. The number of tetrazole rings is 1. The van der Waals surface area contributed by atoms with Crippen LogP contribution in [0.1, 0.15) is 138 Å². The van der Waals surface area contributed by atoms with Gasteiger partial charge < -0.3 is 26.0 Å². The Kier molecular flexibility index (Phi) is 9.46. The van der Waals surface area contributed by atoms with E-state index < -0.39 is 22.5 Å². The monoisotopic (exact) mass is 723 g/mol. The fraction of sp³-hybridized carbons (Fsp3) is 0.829. The third-order valence-electron chi connectivity index (χ3n) is 16.9. The third kappa shape index (κ3) is 5.35. The van der Waals surface area contributed by atoms with Gasteiger partial charge in [0.2, 0.25) is 0 Å². The van der Waals surface area contributed by atoms with Gasteiger partial charge in [-0.1, -0.05) is 58.6 Å². The quantitative estimate of drug-likeness (QED) is 0.107. The van der Waals surface area contributed by atoms with E-state index in [4.69, 9.17) is 20.9 Å². The number of carbonyl (C=O) groups is 2. The van der Waals surface area contributed by atoms with Gasteiger partial charge in [-0.2, -0.15) is 5.21 Å². The molecular weight excluding hydrogens is 656 g/mol. The van der Waals surface area contributed by atoms with E-state index in [0.717, 1.165) is 69.8 Å². The SMILES string of the molecule is C=C(CC(C)(C)C(=O)O)OC1CC[C@]2(C)[C@H]3CCC4(N)[C@@](C)(CC[C@@]5(CCOC(=O)Cc6nn[nH]n6)CC[C@@H](C(=C)C)[C@]45N)[C@]3(C)CC[C@H]2C1(C)C. The summed E-state index contributed by atoms with van der Waals surface area (Å²) in [5, 5.41) is 23.4. The fourth-order valence-electron chi connectivity index (χ4n) is 13.9. The molecule has 0 radical (unpaired) electrons. The van der Waals surface area contributed by atoms with Crippen LogP contribution < -0.4 is 11.5 Å². The van der Waals surface area contributed by atoms with E-state index in [9.17, 15) is 14.7 Å². The molecule has 0 saturated heterocycles. The molecule has 5 aliphatic carbocycles. The number of carboxylic acid groups (broad SMARTS) is 1. The van der Waals surface area contributed by atoms with E-state index in [-0.39, 0.29) is 58.1 Å². The number of ether oxygens (including phenoxy) is 2. The molecule has 5 aliphatic rings. The highest BCUT2D eigenvalue weighted by atomic mass is 16.5. The molecule has 1 heterocycles. The first kappa shape index (κ1) is 38.9. The molecule has 2 unspecified atom stereocenters. The summed E-state index contributed by atoms with van der Waals surface area (Å²) in [6.07, 6.45) is 10.8. The van der Waals surface area contributed by atoms with E-state index in [2.05, 4.69) is 75.3 Å². The standard InChI is InChI=1S/C41H66N6O5/c1-25(2)27-11-17-39(21-22-51-32(48)23-31-44-46-47-45-31)20-19-38(10)37(9)16-12-28-35(6,7)30(52-26(3)24-34(4,5)33(49)50)14-15-36(28,8)29(37)13-18-40(38,42)41(27,39)43/h27-30H,1,3,11-24,42-43H2,2,4-10H3,(H,49,50)(H,44,45,46,47)/t27-,28-,29+,30?,36-,37+,38-,39+,40?,41+/m0/s1. The highest BCUT2D eigenvalue weighted by Gasteiger charge is 2.79. The van der Waals surface area contributed by atoms with Crippen LogP contribution in [-0.4, -0.2) is 61.5 Å². The van der Waals surface area contributed by atoms with Crippen molar-refractivity contribution in [2.75, 3.05) is 6.61 Å². The smallest absolute Gasteiger partial charge is 0.313 e. The van der Waals surface area contributed by atoms with E-state index >= 15 is 0 Å². The first-order valence-corrected chi connectivity index (χ1v) is 19.7. The first-order chi connectivity index (χ1) is 24.0. The van der Waals surface area contributed by atoms with Crippen molar-refractivity contribution in [3.63, 3.8) is 0 Å². The summed E-state index contributed by atoms with van der Waals surface area (Å²) < 4.78 is 12.4. The van der Waals surface area contributed by atoms with Crippen molar-refractivity contribution in [2.24, 2.45) is 61.7 Å². The zero-order valence-electron chi connectivity index (χ0n) is 33.2. The van der Waals surface area contributed by atoms with Gasteiger partial charge in [0.25, 0.3) is 0 Å². The van der Waals surface area contributed by atoms with Gasteiger partial charge in [-0.05, 0) is 131 Å². The number of H-pyrrole nitrogens is 1. The van der Waals surface area contributed by atoms with Crippen LogP contribution in [0.2, 0.25) is 0 Å². The zero-order chi connectivity index (χ0) is 38.3. The Balaban J connectivity index is 1.26. The molecule has 11 heteroatoms. The van der Waals surface area contributed by atoms with Crippen molar-refractivity contribution < 1.29 is 24.2 Å². The summed E-state index contributed by atoms with van der Waals surface area (Å²) >= 11 is 0. The molecule has 6 rings (SSSR count). The number of hydrogen-bond acceptors (Lipinski definition) is 9. The number of rotatable bonds is 11.